The lowest BCUT2D eigenvalue weighted by Gasteiger charge is -2.15. The standard InChI is InChI=1S/C18H25N5O2/c1-14(13-23-10-4-8-21-23)22-18(24)20-12-15-7-9-19-17(11-15)25-16-5-2-3-6-16/h4,7-11,14,16H,2-3,5-6,12-13H2,1H3,(H2,20,22,24)/t14-/m1/s1. The average Bonchev–Trinajstić information content (AvgIpc) is 3.27. The summed E-state index contributed by atoms with van der Waals surface area (Å²) < 4.78 is 7.69. The predicted molar refractivity (Wildman–Crippen MR) is 94.2 cm³/mol. The van der Waals surface area contributed by atoms with Gasteiger partial charge in [-0.2, -0.15) is 5.10 Å². The molecule has 2 amide bonds. The van der Waals surface area contributed by atoms with Gasteiger partial charge in [0.05, 0.1) is 6.54 Å². The van der Waals surface area contributed by atoms with Crippen molar-refractivity contribution in [2.45, 2.75) is 57.8 Å². The summed E-state index contributed by atoms with van der Waals surface area (Å²) in [4.78, 5) is 16.3. The van der Waals surface area contributed by atoms with Crippen LogP contribution in [0, 0.1) is 0 Å². The first-order chi connectivity index (χ1) is 12.2. The maximum atomic E-state index is 12.0. The van der Waals surface area contributed by atoms with Crippen LogP contribution in [0.5, 0.6) is 5.88 Å². The minimum Gasteiger partial charge on any atom is -0.474 e. The van der Waals surface area contributed by atoms with E-state index in [-0.39, 0.29) is 18.2 Å². The number of hydrogen-bond donors (Lipinski definition) is 2. The third-order valence-electron chi connectivity index (χ3n) is 4.24. The number of carbonyl (C=O) groups is 1. The fourth-order valence-electron chi connectivity index (χ4n) is 2.99. The van der Waals surface area contributed by atoms with Gasteiger partial charge in [0.1, 0.15) is 6.10 Å². The fourth-order valence-corrected chi connectivity index (χ4v) is 2.99. The van der Waals surface area contributed by atoms with Gasteiger partial charge in [0.15, 0.2) is 0 Å². The van der Waals surface area contributed by atoms with Gasteiger partial charge in [-0.1, -0.05) is 0 Å². The third kappa shape index (κ3) is 5.48. The van der Waals surface area contributed by atoms with E-state index < -0.39 is 0 Å². The first kappa shape index (κ1) is 17.3. The van der Waals surface area contributed by atoms with Crippen molar-refractivity contribution in [2.24, 2.45) is 0 Å². The highest BCUT2D eigenvalue weighted by Gasteiger charge is 2.17. The highest BCUT2D eigenvalue weighted by Crippen LogP contribution is 2.23. The first-order valence-corrected chi connectivity index (χ1v) is 8.82. The molecular formula is C18H25N5O2. The van der Waals surface area contributed by atoms with E-state index in [1.165, 1.54) is 12.8 Å². The number of nitrogens with zero attached hydrogens (tertiary/aromatic N) is 3. The Balaban J connectivity index is 1.43. The van der Waals surface area contributed by atoms with Gasteiger partial charge in [-0.3, -0.25) is 4.68 Å². The van der Waals surface area contributed by atoms with Crippen LogP contribution in [-0.4, -0.2) is 32.9 Å². The number of carbonyl (C=O) groups excluding carboxylic acids is 1. The van der Waals surface area contributed by atoms with Crippen molar-refractivity contribution in [2.75, 3.05) is 0 Å². The van der Waals surface area contributed by atoms with Gasteiger partial charge in [0, 0.05) is 37.2 Å². The molecule has 0 radical (unpaired) electrons. The van der Waals surface area contributed by atoms with Gasteiger partial charge in [0.25, 0.3) is 0 Å². The van der Waals surface area contributed by atoms with Crippen LogP contribution in [0.15, 0.2) is 36.8 Å². The molecule has 1 saturated carbocycles. The molecule has 1 fully saturated rings. The summed E-state index contributed by atoms with van der Waals surface area (Å²) in [7, 11) is 0. The summed E-state index contributed by atoms with van der Waals surface area (Å²) in [5, 5.41) is 9.90. The van der Waals surface area contributed by atoms with Crippen LogP contribution < -0.4 is 15.4 Å². The summed E-state index contributed by atoms with van der Waals surface area (Å²) in [5.74, 6) is 0.638. The van der Waals surface area contributed by atoms with Gasteiger partial charge in [-0.05, 0) is 50.3 Å². The van der Waals surface area contributed by atoms with E-state index in [1.807, 2.05) is 31.3 Å². The second kappa shape index (κ2) is 8.50. The zero-order chi connectivity index (χ0) is 17.5. The second-order valence-electron chi connectivity index (χ2n) is 6.48. The predicted octanol–water partition coefficient (Wildman–Crippen LogP) is 2.49. The molecule has 1 aliphatic carbocycles. The van der Waals surface area contributed by atoms with E-state index in [2.05, 4.69) is 20.7 Å². The number of pyridine rings is 1. The third-order valence-corrected chi connectivity index (χ3v) is 4.24. The molecule has 134 valence electrons. The Labute approximate surface area is 147 Å². The van der Waals surface area contributed by atoms with Gasteiger partial charge < -0.3 is 15.4 Å². The molecular weight excluding hydrogens is 318 g/mol. The minimum atomic E-state index is -0.199. The lowest BCUT2D eigenvalue weighted by Crippen LogP contribution is -2.42. The molecule has 2 heterocycles. The summed E-state index contributed by atoms with van der Waals surface area (Å²) in [6.07, 6.45) is 10.2. The zero-order valence-corrected chi connectivity index (χ0v) is 14.5. The Kier molecular flexibility index (Phi) is 5.87. The second-order valence-corrected chi connectivity index (χ2v) is 6.48. The van der Waals surface area contributed by atoms with E-state index in [1.54, 1.807) is 17.1 Å². The summed E-state index contributed by atoms with van der Waals surface area (Å²) in [6, 6.07) is 5.43. The molecule has 25 heavy (non-hydrogen) atoms. The Morgan fingerprint density at radius 1 is 1.40 bits per heavy atom. The lowest BCUT2D eigenvalue weighted by atomic mass is 10.2. The van der Waals surface area contributed by atoms with Crippen LogP contribution in [-0.2, 0) is 13.1 Å². The molecule has 0 saturated heterocycles. The highest BCUT2D eigenvalue weighted by atomic mass is 16.5. The smallest absolute Gasteiger partial charge is 0.315 e. The number of ether oxygens (including phenoxy) is 1. The van der Waals surface area contributed by atoms with Crippen molar-refractivity contribution in [1.82, 2.24) is 25.4 Å². The fraction of sp³-hybridized carbons (Fsp3) is 0.500. The topological polar surface area (TPSA) is 81.1 Å². The quantitative estimate of drug-likeness (QED) is 0.809. The Hall–Kier alpha value is -2.57. The Morgan fingerprint density at radius 2 is 2.24 bits per heavy atom. The van der Waals surface area contributed by atoms with Crippen LogP contribution in [0.1, 0.15) is 38.2 Å². The van der Waals surface area contributed by atoms with Gasteiger partial charge in [-0.15, -0.1) is 0 Å². The van der Waals surface area contributed by atoms with E-state index in [4.69, 9.17) is 4.74 Å². The molecule has 7 heteroatoms. The van der Waals surface area contributed by atoms with E-state index in [0.29, 0.717) is 19.0 Å². The maximum Gasteiger partial charge on any atom is 0.315 e. The van der Waals surface area contributed by atoms with Gasteiger partial charge in [-0.25, -0.2) is 9.78 Å². The maximum absolute atomic E-state index is 12.0. The Morgan fingerprint density at radius 3 is 3.00 bits per heavy atom. The van der Waals surface area contributed by atoms with Crippen LogP contribution in [0.2, 0.25) is 0 Å². The first-order valence-electron chi connectivity index (χ1n) is 8.82. The number of amides is 2. The molecule has 2 N–H and O–H groups in total. The van der Waals surface area contributed by atoms with E-state index >= 15 is 0 Å². The number of rotatable bonds is 7. The number of urea groups is 1. The monoisotopic (exact) mass is 343 g/mol. The Bertz CT molecular complexity index is 668. The molecule has 0 unspecified atom stereocenters. The molecule has 7 nitrogen and oxygen atoms in total. The molecule has 3 rings (SSSR count). The molecule has 2 aromatic heterocycles. The van der Waals surface area contributed by atoms with E-state index in [0.717, 1.165) is 18.4 Å². The lowest BCUT2D eigenvalue weighted by molar-refractivity contribution is 0.201. The number of nitrogens with one attached hydrogen (secondary N) is 2. The minimum absolute atomic E-state index is 0.0152. The normalized spacial score (nSPS) is 15.7. The van der Waals surface area contributed by atoms with Crippen LogP contribution in [0.3, 0.4) is 0 Å². The molecule has 0 aromatic carbocycles. The summed E-state index contributed by atoms with van der Waals surface area (Å²) in [5.41, 5.74) is 0.970. The van der Waals surface area contributed by atoms with Crippen molar-refractivity contribution < 1.29 is 9.53 Å². The largest absolute Gasteiger partial charge is 0.474 e. The zero-order valence-electron chi connectivity index (χ0n) is 14.5. The molecule has 0 aliphatic heterocycles. The molecule has 0 bridgehead atoms. The van der Waals surface area contributed by atoms with Gasteiger partial charge in [0.2, 0.25) is 5.88 Å². The van der Waals surface area contributed by atoms with Crippen LogP contribution >= 0.6 is 0 Å². The highest BCUT2D eigenvalue weighted by molar-refractivity contribution is 5.74. The molecule has 1 atom stereocenters. The SMILES string of the molecule is C[C@H](Cn1cccn1)NC(=O)NCc1ccnc(OC2CCCC2)c1. The molecule has 0 spiro atoms. The average molecular weight is 343 g/mol. The van der Waals surface area contributed by atoms with Crippen molar-refractivity contribution in [1.29, 1.82) is 0 Å². The molecule has 1 aliphatic rings. The van der Waals surface area contributed by atoms with Crippen molar-refractivity contribution in [3.63, 3.8) is 0 Å². The number of aromatic nitrogens is 3. The van der Waals surface area contributed by atoms with E-state index in [9.17, 15) is 4.79 Å². The van der Waals surface area contributed by atoms with Gasteiger partial charge >= 0.3 is 6.03 Å². The van der Waals surface area contributed by atoms with Crippen molar-refractivity contribution >= 4 is 6.03 Å². The van der Waals surface area contributed by atoms with Crippen molar-refractivity contribution in [3.8, 4) is 5.88 Å². The van der Waals surface area contributed by atoms with Crippen LogP contribution in [0.25, 0.3) is 0 Å². The van der Waals surface area contributed by atoms with Crippen LogP contribution in [0.4, 0.5) is 4.79 Å². The summed E-state index contributed by atoms with van der Waals surface area (Å²) in [6.45, 7) is 3.01. The number of hydrogen-bond acceptors (Lipinski definition) is 4. The summed E-state index contributed by atoms with van der Waals surface area (Å²) >= 11 is 0. The molecule has 2 aromatic rings. The van der Waals surface area contributed by atoms with Crippen molar-refractivity contribution in [3.05, 3.63) is 42.4 Å².